The second-order valence-electron chi connectivity index (χ2n) is 13.0. The van der Waals surface area contributed by atoms with Crippen LogP contribution in [0.2, 0.25) is 0 Å². The molecule has 0 saturated carbocycles. The first-order valence-electron chi connectivity index (χ1n) is 17.5. The van der Waals surface area contributed by atoms with Gasteiger partial charge in [0.05, 0.1) is 51.8 Å². The lowest BCUT2D eigenvalue weighted by atomic mass is 9.96. The lowest BCUT2D eigenvalue weighted by Gasteiger charge is -2.47. The Balaban J connectivity index is 1.64. The lowest BCUT2D eigenvalue weighted by molar-refractivity contribution is -0.375. The van der Waals surface area contributed by atoms with Crippen molar-refractivity contribution in [1.82, 2.24) is 0 Å². The van der Waals surface area contributed by atoms with E-state index in [0.29, 0.717) is 13.0 Å². The molecule has 0 amide bonds. The summed E-state index contributed by atoms with van der Waals surface area (Å²) in [5, 5.41) is 114. The van der Waals surface area contributed by atoms with Gasteiger partial charge in [-0.15, -0.1) is 0 Å². The van der Waals surface area contributed by atoms with Crippen molar-refractivity contribution in [3.63, 3.8) is 0 Å². The fourth-order valence-corrected chi connectivity index (χ4v) is 5.82. The van der Waals surface area contributed by atoms with Gasteiger partial charge in [-0.1, -0.05) is 0 Å². The summed E-state index contributed by atoms with van der Waals surface area (Å²) in [6, 6.07) is 0. The van der Waals surface area contributed by atoms with Gasteiger partial charge in [-0.3, -0.25) is 0 Å². The van der Waals surface area contributed by atoms with Crippen LogP contribution in [0, 0.1) is 0 Å². The molecule has 0 aromatic heterocycles. The summed E-state index contributed by atoms with van der Waals surface area (Å²) in [5.41, 5.74) is 5.49. The third-order valence-electron chi connectivity index (χ3n) is 9.07. The van der Waals surface area contributed by atoms with E-state index in [0.717, 1.165) is 12.8 Å². The molecule has 0 radical (unpaired) electrons. The van der Waals surface area contributed by atoms with Crippen LogP contribution < -0.4 is 5.73 Å². The Labute approximate surface area is 301 Å². The average Bonchev–Trinajstić information content (AvgIpc) is 3.28. The van der Waals surface area contributed by atoms with E-state index in [4.69, 9.17) is 48.4 Å². The van der Waals surface area contributed by atoms with Gasteiger partial charge in [-0.05, 0) is 39.7 Å². The van der Waals surface area contributed by atoms with Crippen molar-refractivity contribution in [2.75, 3.05) is 52.8 Å². The third kappa shape index (κ3) is 12.1. The molecule has 3 rings (SSSR count). The first-order chi connectivity index (χ1) is 24.8. The second-order valence-corrected chi connectivity index (χ2v) is 13.0. The zero-order valence-electron chi connectivity index (χ0n) is 29.3. The Morgan fingerprint density at radius 1 is 0.712 bits per heavy atom. The predicted molar refractivity (Wildman–Crippen MR) is 171 cm³/mol. The molecule has 3 aliphatic rings. The summed E-state index contributed by atoms with van der Waals surface area (Å²) in [5.74, 6) is 0. The summed E-state index contributed by atoms with van der Waals surface area (Å²) >= 11 is 0. The van der Waals surface area contributed by atoms with Crippen molar-refractivity contribution < 1.29 is 98.8 Å². The predicted octanol–water partition coefficient (Wildman–Crippen LogP) is -6.27. The van der Waals surface area contributed by atoms with Crippen molar-refractivity contribution in [1.29, 1.82) is 0 Å². The Hall–Kier alpha value is -0.840. The van der Waals surface area contributed by atoms with Crippen molar-refractivity contribution in [3.8, 4) is 0 Å². The number of hydrogen-bond acceptors (Lipinski definition) is 21. The van der Waals surface area contributed by atoms with Crippen LogP contribution in [0.15, 0.2) is 0 Å². The molecule has 3 fully saturated rings. The van der Waals surface area contributed by atoms with Gasteiger partial charge in [-0.2, -0.15) is 0 Å². The number of aliphatic hydroxyl groups excluding tert-OH is 11. The average molecular weight is 766 g/mol. The van der Waals surface area contributed by atoms with E-state index in [-0.39, 0.29) is 13.2 Å². The maximum atomic E-state index is 11.1. The van der Waals surface area contributed by atoms with E-state index in [9.17, 15) is 56.2 Å². The highest BCUT2D eigenvalue weighted by atomic mass is 16.8. The normalized spacial score (nSPS) is 39.8. The Bertz CT molecular complexity index is 971. The molecule has 3 saturated heterocycles. The number of unbranched alkanes of at least 4 members (excludes halogenated alkanes) is 2. The largest absolute Gasteiger partial charge is 0.394 e. The van der Waals surface area contributed by atoms with Gasteiger partial charge in [0.15, 0.2) is 25.2 Å². The minimum absolute atomic E-state index is 0.159. The maximum absolute atomic E-state index is 11.1. The van der Waals surface area contributed by atoms with Gasteiger partial charge in [-0.25, -0.2) is 0 Å². The molecular formula is C31H59NO20. The summed E-state index contributed by atoms with van der Waals surface area (Å²) in [7, 11) is 0. The quantitative estimate of drug-likeness (QED) is 0.0382. The maximum Gasteiger partial charge on any atom is 0.187 e. The first kappa shape index (κ1) is 45.5. The topological polar surface area (TPSA) is 332 Å². The lowest BCUT2D eigenvalue weighted by Crippen LogP contribution is -2.65. The summed E-state index contributed by atoms with van der Waals surface area (Å²) in [4.78, 5) is 0. The van der Waals surface area contributed by atoms with Crippen LogP contribution in [0.4, 0.5) is 0 Å². The van der Waals surface area contributed by atoms with E-state index in [1.54, 1.807) is 6.92 Å². The number of aliphatic hydroxyl groups is 11. The third-order valence-corrected chi connectivity index (χ3v) is 9.07. The van der Waals surface area contributed by atoms with Gasteiger partial charge >= 0.3 is 0 Å². The molecule has 0 aromatic rings. The molecule has 3 heterocycles. The molecule has 0 bridgehead atoms. The second kappa shape index (κ2) is 22.6. The zero-order chi connectivity index (χ0) is 38.5. The Morgan fingerprint density at radius 2 is 1.27 bits per heavy atom. The first-order valence-corrected chi connectivity index (χ1v) is 17.5. The molecule has 13 N–H and O–H groups in total. The number of hydrogen-bond donors (Lipinski definition) is 12. The van der Waals surface area contributed by atoms with E-state index in [1.165, 1.54) is 6.92 Å². The molecule has 14 unspecified atom stereocenters. The minimum atomic E-state index is -1.91. The smallest absolute Gasteiger partial charge is 0.187 e. The van der Waals surface area contributed by atoms with E-state index >= 15 is 0 Å². The molecule has 52 heavy (non-hydrogen) atoms. The van der Waals surface area contributed by atoms with Crippen molar-refractivity contribution in [2.45, 2.75) is 144 Å². The summed E-state index contributed by atoms with van der Waals surface area (Å²) in [6.07, 6.45) is -24.2. The minimum Gasteiger partial charge on any atom is -0.394 e. The fourth-order valence-electron chi connectivity index (χ4n) is 5.82. The van der Waals surface area contributed by atoms with Gasteiger partial charge < -0.3 is 105 Å². The van der Waals surface area contributed by atoms with Crippen LogP contribution in [-0.2, 0) is 42.6 Å². The standard InChI is InChI=1S/C31H59NO20/c1-14-18(9-34)48-29(17(39)13-45-14)51-26-20(11-36)50-31(25(43)23(26)41)52-27-21(12-37)49-30(24(42)22(27)40)46-15(2)19(10-35)47-28(16(38)8-33)44-7-5-3-4-6-32/h14-31,33-43H,3-13,32H2,1-2H3/t14-,15-,16-,17-,18?,19?,20?,21?,22?,23?,24?,25?,26?,27?,28?,29?,30?,31?/m0/s1. The highest BCUT2D eigenvalue weighted by Gasteiger charge is 2.52. The van der Waals surface area contributed by atoms with Crippen molar-refractivity contribution >= 4 is 0 Å². The van der Waals surface area contributed by atoms with Crippen LogP contribution >= 0.6 is 0 Å². The van der Waals surface area contributed by atoms with E-state index < -0.39 is 144 Å². The molecule has 308 valence electrons. The molecule has 0 aliphatic carbocycles. The Kier molecular flexibility index (Phi) is 19.8. The summed E-state index contributed by atoms with van der Waals surface area (Å²) in [6.45, 7) is -0.00262. The highest BCUT2D eigenvalue weighted by Crippen LogP contribution is 2.32. The van der Waals surface area contributed by atoms with Crippen LogP contribution in [0.25, 0.3) is 0 Å². The molecule has 0 spiro atoms. The van der Waals surface area contributed by atoms with Crippen molar-refractivity contribution in [3.05, 3.63) is 0 Å². The van der Waals surface area contributed by atoms with Crippen LogP contribution in [0.5, 0.6) is 0 Å². The monoisotopic (exact) mass is 765 g/mol. The zero-order valence-corrected chi connectivity index (χ0v) is 29.3. The molecule has 3 aliphatic heterocycles. The van der Waals surface area contributed by atoms with Gasteiger partial charge in [0.2, 0.25) is 0 Å². The van der Waals surface area contributed by atoms with Gasteiger partial charge in [0, 0.05) is 6.61 Å². The number of ether oxygens (including phenoxy) is 9. The molecular weight excluding hydrogens is 706 g/mol. The van der Waals surface area contributed by atoms with E-state index in [2.05, 4.69) is 0 Å². The highest BCUT2D eigenvalue weighted by molar-refractivity contribution is 4.95. The number of rotatable bonds is 21. The molecule has 0 aromatic carbocycles. The van der Waals surface area contributed by atoms with Crippen LogP contribution in [0.3, 0.4) is 0 Å². The van der Waals surface area contributed by atoms with Gasteiger partial charge in [0.1, 0.15) is 73.2 Å². The number of nitrogens with two attached hydrogens (primary N) is 1. The molecule has 21 nitrogen and oxygen atoms in total. The van der Waals surface area contributed by atoms with Crippen LogP contribution in [-0.4, -0.2) is 220 Å². The SMILES string of the molecule is C[C@@H]1OC[C@H](O)C(OC2C(CO)OC(OC3C(CO)OC(O[C@@H](C)C(CO)OC(OCCCCCN)[C@@H](O)CO)C(O)C3O)C(O)C2O)OC1CO. The fraction of sp³-hybridized carbons (Fsp3) is 1.00. The van der Waals surface area contributed by atoms with E-state index in [1.807, 2.05) is 0 Å². The Morgan fingerprint density at radius 3 is 1.83 bits per heavy atom. The van der Waals surface area contributed by atoms with Gasteiger partial charge in [0.25, 0.3) is 0 Å². The van der Waals surface area contributed by atoms with Crippen molar-refractivity contribution in [2.24, 2.45) is 5.73 Å². The molecule has 21 heteroatoms. The van der Waals surface area contributed by atoms with Crippen LogP contribution in [0.1, 0.15) is 33.1 Å². The summed E-state index contributed by atoms with van der Waals surface area (Å²) < 4.78 is 50.8. The molecule has 18 atom stereocenters.